The van der Waals surface area contributed by atoms with E-state index in [0.717, 1.165) is 49.8 Å². The highest BCUT2D eigenvalue weighted by Crippen LogP contribution is 2.78. The van der Waals surface area contributed by atoms with Crippen LogP contribution in [-0.4, -0.2) is 58.8 Å². The molecule has 3 saturated carbocycles. The van der Waals surface area contributed by atoms with E-state index in [2.05, 4.69) is 44.3 Å². The van der Waals surface area contributed by atoms with E-state index in [1.54, 1.807) is 12.0 Å². The topological polar surface area (TPSA) is 99.1 Å². The van der Waals surface area contributed by atoms with Crippen LogP contribution in [0.15, 0.2) is 78.4 Å². The number of aliphatic hydroxyl groups is 2. The van der Waals surface area contributed by atoms with Gasteiger partial charge in [0, 0.05) is 39.6 Å². The number of carbonyl (C=O) groups excluding carboxylic acids is 2. The van der Waals surface area contributed by atoms with Crippen molar-refractivity contribution >= 4 is 17.5 Å². The highest BCUT2D eigenvalue weighted by molar-refractivity contribution is 6.10. The van der Waals surface area contributed by atoms with E-state index in [1.165, 1.54) is 0 Å². The molecule has 8 rings (SSSR count). The Hall–Kier alpha value is -3.42. The van der Waals surface area contributed by atoms with Crippen molar-refractivity contribution in [1.29, 1.82) is 0 Å². The van der Waals surface area contributed by atoms with Crippen LogP contribution in [0.4, 0.5) is 10.5 Å². The summed E-state index contributed by atoms with van der Waals surface area (Å²) in [5.74, 6) is 1.04. The molecule has 0 aliphatic heterocycles. The van der Waals surface area contributed by atoms with Crippen LogP contribution in [0.5, 0.6) is 5.75 Å². The zero-order valence-electron chi connectivity index (χ0n) is 28.3. The summed E-state index contributed by atoms with van der Waals surface area (Å²) in [5.41, 5.74) is -0.390. The average Bonchev–Trinajstić information content (AvgIpc) is 3.34. The van der Waals surface area contributed by atoms with Crippen LogP contribution in [0.25, 0.3) is 0 Å². The summed E-state index contributed by atoms with van der Waals surface area (Å²) in [5, 5.41) is 26.8. The summed E-state index contributed by atoms with van der Waals surface area (Å²) < 4.78 is 5.27. The van der Waals surface area contributed by atoms with E-state index >= 15 is 0 Å². The van der Waals surface area contributed by atoms with Crippen LogP contribution in [0.3, 0.4) is 0 Å². The highest BCUT2D eigenvalue weighted by atomic mass is 16.5. The number of Topliss-reactive ketones (excluding diaryl/α,β-unsaturated/α-hetero) is 1. The Kier molecular flexibility index (Phi) is 7.75. The third-order valence-corrected chi connectivity index (χ3v) is 13.6. The lowest BCUT2D eigenvalue weighted by Gasteiger charge is -2.71. The fraction of sp³-hybridized carbons (Fsp3) is 0.550. The fourth-order valence-electron chi connectivity index (χ4n) is 11.1. The number of urea groups is 1. The highest BCUT2D eigenvalue weighted by Gasteiger charge is 2.74. The van der Waals surface area contributed by atoms with Gasteiger partial charge in [-0.05, 0) is 92.9 Å². The molecule has 2 spiro atoms. The molecule has 6 aliphatic carbocycles. The number of methoxy groups -OCH3 is 1. The molecule has 2 aromatic carbocycles. The van der Waals surface area contributed by atoms with Crippen molar-refractivity contribution in [1.82, 2.24) is 4.90 Å². The van der Waals surface area contributed by atoms with Crippen LogP contribution in [0.1, 0.15) is 82.5 Å². The number of rotatable bonds is 8. The standard InChI is InChI=1S/C40H50N2O5/c1-5-23-42(35(45)41-28-11-13-30(47-4)14-12-28)26-39(46)20-17-33-37(39,3)19-16-32-36(2)18-15-29(43)24-38(36)21-22-40(32,33)31(25-38)34(44)27-9-7-6-8-10-27/h6-14,21-22,25,29,32-33,43,46H,5,15-20,23-24,26H2,1-4H3,(H,41,45). The zero-order valence-corrected chi connectivity index (χ0v) is 28.3. The van der Waals surface area contributed by atoms with Crippen molar-refractivity contribution in [2.45, 2.75) is 83.8 Å². The maximum Gasteiger partial charge on any atom is 0.321 e. The number of carbonyl (C=O) groups is 2. The number of nitrogens with one attached hydrogen (secondary N) is 1. The van der Waals surface area contributed by atoms with Crippen molar-refractivity contribution in [2.75, 3.05) is 25.5 Å². The molecule has 7 heteroatoms. The molecule has 250 valence electrons. The van der Waals surface area contributed by atoms with Gasteiger partial charge in [-0.3, -0.25) is 4.79 Å². The van der Waals surface area contributed by atoms with Gasteiger partial charge in [0.25, 0.3) is 0 Å². The Morgan fingerprint density at radius 2 is 1.62 bits per heavy atom. The lowest BCUT2D eigenvalue weighted by molar-refractivity contribution is -0.174. The monoisotopic (exact) mass is 638 g/mol. The minimum atomic E-state index is -1.12. The lowest BCUT2D eigenvalue weighted by Crippen LogP contribution is -2.67. The molecule has 3 N–H and O–H groups in total. The van der Waals surface area contributed by atoms with E-state index in [1.807, 2.05) is 54.6 Å². The molecular formula is C40H50N2O5. The summed E-state index contributed by atoms with van der Waals surface area (Å²) in [7, 11) is 1.61. The molecule has 0 heterocycles. The summed E-state index contributed by atoms with van der Waals surface area (Å²) in [4.78, 5) is 30.1. The second-order valence-electron chi connectivity index (χ2n) is 15.6. The van der Waals surface area contributed by atoms with Crippen LogP contribution in [-0.2, 0) is 0 Å². The van der Waals surface area contributed by atoms with Gasteiger partial charge in [-0.2, -0.15) is 0 Å². The molecule has 2 aromatic rings. The van der Waals surface area contributed by atoms with E-state index in [0.29, 0.717) is 30.6 Å². The number of ether oxygens (including phenoxy) is 1. The largest absolute Gasteiger partial charge is 0.497 e. The first-order valence-electron chi connectivity index (χ1n) is 17.6. The van der Waals surface area contributed by atoms with E-state index in [9.17, 15) is 19.8 Å². The Labute approximate surface area is 279 Å². The minimum absolute atomic E-state index is 0.0315. The second-order valence-corrected chi connectivity index (χ2v) is 15.6. The van der Waals surface area contributed by atoms with Gasteiger partial charge < -0.3 is 25.2 Å². The molecule has 8 unspecified atom stereocenters. The van der Waals surface area contributed by atoms with E-state index in [4.69, 9.17) is 4.74 Å². The SMILES string of the molecule is CCCN(CC1(O)CCC2C34C=CC5(C=C3C(=O)c3ccccc3)CC(O)CCC5(C)C4CCC21C)C(=O)Nc1ccc(OC)cc1. The molecule has 0 radical (unpaired) electrons. The van der Waals surface area contributed by atoms with Crippen LogP contribution in [0, 0.1) is 33.5 Å². The number of benzene rings is 2. The molecule has 47 heavy (non-hydrogen) atoms. The van der Waals surface area contributed by atoms with E-state index < -0.39 is 16.4 Å². The number of fused-ring (bicyclic) bond motifs is 1. The lowest BCUT2D eigenvalue weighted by atomic mass is 9.32. The maximum atomic E-state index is 14.6. The van der Waals surface area contributed by atoms with Gasteiger partial charge in [0.1, 0.15) is 5.75 Å². The van der Waals surface area contributed by atoms with Gasteiger partial charge in [0.05, 0.1) is 25.4 Å². The molecule has 3 fully saturated rings. The van der Waals surface area contributed by atoms with Crippen molar-refractivity contribution in [3.8, 4) is 5.75 Å². The van der Waals surface area contributed by atoms with Gasteiger partial charge in [-0.15, -0.1) is 0 Å². The number of ketones is 1. The first-order chi connectivity index (χ1) is 22.5. The minimum Gasteiger partial charge on any atom is -0.497 e. The number of hydrogen-bond donors (Lipinski definition) is 3. The van der Waals surface area contributed by atoms with Gasteiger partial charge in [-0.1, -0.05) is 69.3 Å². The number of hydrogen-bond acceptors (Lipinski definition) is 5. The predicted molar refractivity (Wildman–Crippen MR) is 183 cm³/mol. The molecule has 6 aliphatic rings. The van der Waals surface area contributed by atoms with Crippen LogP contribution in [0.2, 0.25) is 0 Å². The second kappa shape index (κ2) is 11.3. The van der Waals surface area contributed by atoms with Crippen LogP contribution >= 0.6 is 0 Å². The van der Waals surface area contributed by atoms with Gasteiger partial charge in [0.15, 0.2) is 5.78 Å². The van der Waals surface area contributed by atoms with Gasteiger partial charge in [0.2, 0.25) is 0 Å². The molecule has 7 nitrogen and oxygen atoms in total. The number of aliphatic hydroxyl groups excluding tert-OH is 1. The number of amides is 2. The Morgan fingerprint density at radius 1 is 0.936 bits per heavy atom. The van der Waals surface area contributed by atoms with Crippen molar-refractivity contribution in [3.63, 3.8) is 0 Å². The Morgan fingerprint density at radius 3 is 2.32 bits per heavy atom. The predicted octanol–water partition coefficient (Wildman–Crippen LogP) is 7.41. The third-order valence-electron chi connectivity index (χ3n) is 13.6. The molecule has 0 saturated heterocycles. The van der Waals surface area contributed by atoms with Crippen molar-refractivity contribution in [3.05, 3.63) is 84.0 Å². The smallest absolute Gasteiger partial charge is 0.321 e. The molecule has 2 amide bonds. The summed E-state index contributed by atoms with van der Waals surface area (Å²) >= 11 is 0. The first-order valence-corrected chi connectivity index (χ1v) is 17.6. The maximum absolute atomic E-state index is 14.6. The number of anilines is 1. The normalized spacial score (nSPS) is 38.1. The zero-order chi connectivity index (χ0) is 33.2. The Bertz CT molecular complexity index is 1600. The first kappa shape index (κ1) is 32.1. The quantitative estimate of drug-likeness (QED) is 0.207. The molecular weight excluding hydrogens is 588 g/mol. The van der Waals surface area contributed by atoms with Gasteiger partial charge in [-0.25, -0.2) is 4.79 Å². The summed E-state index contributed by atoms with van der Waals surface area (Å²) in [6, 6.07) is 16.7. The third kappa shape index (κ3) is 4.59. The molecule has 2 bridgehead atoms. The summed E-state index contributed by atoms with van der Waals surface area (Å²) in [6.45, 7) is 7.44. The fourth-order valence-corrected chi connectivity index (χ4v) is 11.1. The summed E-state index contributed by atoms with van der Waals surface area (Å²) in [6.07, 6.45) is 12.7. The number of allylic oxidation sites excluding steroid dienone is 4. The van der Waals surface area contributed by atoms with Gasteiger partial charge >= 0.3 is 6.03 Å². The van der Waals surface area contributed by atoms with Crippen molar-refractivity contribution < 1.29 is 24.5 Å². The number of nitrogens with zero attached hydrogens (tertiary/aromatic N) is 1. The van der Waals surface area contributed by atoms with E-state index in [-0.39, 0.29) is 47.1 Å². The average molecular weight is 639 g/mol. The molecule has 0 aromatic heterocycles. The van der Waals surface area contributed by atoms with Crippen LogP contribution < -0.4 is 10.1 Å². The molecule has 8 atom stereocenters. The Balaban J connectivity index is 1.26. The van der Waals surface area contributed by atoms with Crippen molar-refractivity contribution in [2.24, 2.45) is 33.5 Å².